The molecule has 1 aromatic carbocycles. The van der Waals surface area contributed by atoms with Crippen LogP contribution in [0.1, 0.15) is 15.9 Å². The molecule has 0 spiro atoms. The van der Waals surface area contributed by atoms with Crippen molar-refractivity contribution < 1.29 is 17.9 Å². The minimum absolute atomic E-state index is 0.184. The Morgan fingerprint density at radius 2 is 1.74 bits per heavy atom. The van der Waals surface area contributed by atoms with Crippen LogP contribution in [0.4, 0.5) is 5.82 Å². The van der Waals surface area contributed by atoms with E-state index in [1.165, 1.54) is 12.4 Å². The van der Waals surface area contributed by atoms with Gasteiger partial charge in [-0.05, 0) is 31.2 Å². The molecular weight excluding hydrogens is 416 g/mol. The maximum absolute atomic E-state index is 12.9. The van der Waals surface area contributed by atoms with E-state index in [-0.39, 0.29) is 10.8 Å². The molecular formula is C22H24N4O4S. The maximum Gasteiger partial charge on any atom is 0.267 e. The molecule has 0 unspecified atom stereocenters. The molecule has 9 heteroatoms. The predicted octanol–water partition coefficient (Wildman–Crippen LogP) is 2.40. The van der Waals surface area contributed by atoms with Crippen LogP contribution in [0.25, 0.3) is 0 Å². The molecule has 0 atom stereocenters. The highest BCUT2D eigenvalue weighted by Crippen LogP contribution is 2.21. The summed E-state index contributed by atoms with van der Waals surface area (Å²) < 4.78 is 32.0. The highest BCUT2D eigenvalue weighted by atomic mass is 32.2. The lowest BCUT2D eigenvalue weighted by Crippen LogP contribution is -2.49. The zero-order valence-electron chi connectivity index (χ0n) is 17.4. The first-order chi connectivity index (χ1) is 14.9. The smallest absolute Gasteiger partial charge is 0.267 e. The molecule has 4 rings (SSSR count). The van der Waals surface area contributed by atoms with Crippen molar-refractivity contribution in [3.8, 4) is 5.75 Å². The molecule has 8 nitrogen and oxygen atoms in total. The van der Waals surface area contributed by atoms with Gasteiger partial charge in [0, 0.05) is 50.8 Å². The summed E-state index contributed by atoms with van der Waals surface area (Å²) in [6, 6.07) is 11.8. The van der Waals surface area contributed by atoms with E-state index in [2.05, 4.69) is 9.88 Å². The predicted molar refractivity (Wildman–Crippen MR) is 117 cm³/mol. The van der Waals surface area contributed by atoms with Gasteiger partial charge in [0.2, 0.25) is 0 Å². The van der Waals surface area contributed by atoms with Gasteiger partial charge in [0.15, 0.2) is 0 Å². The number of rotatable bonds is 5. The van der Waals surface area contributed by atoms with Gasteiger partial charge in [0.1, 0.15) is 11.6 Å². The molecule has 3 heterocycles. The molecule has 0 bridgehead atoms. The van der Waals surface area contributed by atoms with Gasteiger partial charge in [0.25, 0.3) is 15.9 Å². The Balaban J connectivity index is 1.44. The van der Waals surface area contributed by atoms with Crippen LogP contribution in [0.2, 0.25) is 0 Å². The van der Waals surface area contributed by atoms with Crippen molar-refractivity contribution >= 4 is 21.7 Å². The number of pyridine rings is 1. The number of ether oxygens (including phenoxy) is 1. The second-order valence-corrected chi connectivity index (χ2v) is 9.22. The summed E-state index contributed by atoms with van der Waals surface area (Å²) in [7, 11) is -2.12. The van der Waals surface area contributed by atoms with Gasteiger partial charge in [-0.1, -0.05) is 17.7 Å². The van der Waals surface area contributed by atoms with Crippen LogP contribution in [-0.4, -0.2) is 61.5 Å². The Hall–Kier alpha value is -3.33. The minimum atomic E-state index is -3.73. The van der Waals surface area contributed by atoms with Crippen LogP contribution in [0.3, 0.4) is 0 Å². The topological polar surface area (TPSA) is 84.7 Å². The number of carbonyl (C=O) groups excluding carboxylic acids is 1. The SMILES string of the molecule is COc1ccnc(N2CCN(C(=O)c3ccn(S(=O)(=O)c4ccc(C)cc4)c3)CC2)c1. The molecule has 1 aliphatic rings. The third kappa shape index (κ3) is 4.27. The van der Waals surface area contributed by atoms with E-state index in [1.54, 1.807) is 54.6 Å². The van der Waals surface area contributed by atoms with Crippen LogP contribution in [0, 0.1) is 6.92 Å². The molecule has 1 fully saturated rings. The lowest BCUT2D eigenvalue weighted by Gasteiger charge is -2.35. The number of aromatic nitrogens is 2. The maximum atomic E-state index is 12.9. The summed E-state index contributed by atoms with van der Waals surface area (Å²) in [6.45, 7) is 4.21. The van der Waals surface area contributed by atoms with Gasteiger partial charge in [-0.25, -0.2) is 17.4 Å². The molecule has 0 radical (unpaired) electrons. The lowest BCUT2D eigenvalue weighted by molar-refractivity contribution is 0.0746. The number of carbonyl (C=O) groups is 1. The third-order valence-corrected chi connectivity index (χ3v) is 7.00. The Bertz CT molecular complexity index is 1180. The van der Waals surface area contributed by atoms with Gasteiger partial charge in [-0.2, -0.15) is 0 Å². The quantitative estimate of drug-likeness (QED) is 0.606. The van der Waals surface area contributed by atoms with Gasteiger partial charge < -0.3 is 14.5 Å². The van der Waals surface area contributed by atoms with Gasteiger partial charge in [-0.3, -0.25) is 4.79 Å². The first-order valence-electron chi connectivity index (χ1n) is 9.93. The summed E-state index contributed by atoms with van der Waals surface area (Å²) >= 11 is 0. The van der Waals surface area contributed by atoms with Crippen molar-refractivity contribution in [2.45, 2.75) is 11.8 Å². The fourth-order valence-corrected chi connectivity index (χ4v) is 4.70. The second kappa shape index (κ2) is 8.43. The lowest BCUT2D eigenvalue weighted by atomic mass is 10.2. The number of amides is 1. The zero-order valence-corrected chi connectivity index (χ0v) is 18.2. The number of methoxy groups -OCH3 is 1. The van der Waals surface area contributed by atoms with Crippen molar-refractivity contribution in [3.63, 3.8) is 0 Å². The van der Waals surface area contributed by atoms with Crippen molar-refractivity contribution in [1.82, 2.24) is 13.9 Å². The number of benzene rings is 1. The fraction of sp³-hybridized carbons (Fsp3) is 0.273. The number of piperazine rings is 1. The standard InChI is InChI=1S/C22H24N4O4S/c1-17-3-5-20(6-4-17)31(28,29)26-10-8-18(16-26)22(27)25-13-11-24(12-14-25)21-15-19(30-2)7-9-23-21/h3-10,15-16H,11-14H2,1-2H3. The first-order valence-corrected chi connectivity index (χ1v) is 11.4. The molecule has 0 saturated carbocycles. The highest BCUT2D eigenvalue weighted by molar-refractivity contribution is 7.90. The molecule has 1 saturated heterocycles. The van der Waals surface area contributed by atoms with Crippen molar-refractivity contribution in [3.05, 3.63) is 72.2 Å². The number of aryl methyl sites for hydroxylation is 1. The van der Waals surface area contributed by atoms with E-state index in [0.29, 0.717) is 31.7 Å². The minimum Gasteiger partial charge on any atom is -0.497 e. The van der Waals surface area contributed by atoms with E-state index >= 15 is 0 Å². The fourth-order valence-electron chi connectivity index (χ4n) is 3.51. The summed E-state index contributed by atoms with van der Waals surface area (Å²) in [6.07, 6.45) is 4.50. The van der Waals surface area contributed by atoms with E-state index < -0.39 is 10.0 Å². The third-order valence-electron chi connectivity index (χ3n) is 5.35. The average molecular weight is 441 g/mol. The second-order valence-electron chi connectivity index (χ2n) is 7.38. The van der Waals surface area contributed by atoms with E-state index in [9.17, 15) is 13.2 Å². The molecule has 162 valence electrons. The highest BCUT2D eigenvalue weighted by Gasteiger charge is 2.25. The molecule has 1 aliphatic heterocycles. The number of hydrogen-bond acceptors (Lipinski definition) is 6. The molecule has 0 aliphatic carbocycles. The molecule has 31 heavy (non-hydrogen) atoms. The Labute approximate surface area is 181 Å². The number of nitrogens with zero attached hydrogens (tertiary/aromatic N) is 4. The van der Waals surface area contributed by atoms with E-state index in [0.717, 1.165) is 21.1 Å². The Morgan fingerprint density at radius 3 is 2.42 bits per heavy atom. The van der Waals surface area contributed by atoms with Gasteiger partial charge in [0.05, 0.1) is 17.6 Å². The van der Waals surface area contributed by atoms with Crippen molar-refractivity contribution in [2.75, 3.05) is 38.2 Å². The van der Waals surface area contributed by atoms with Gasteiger partial charge in [-0.15, -0.1) is 0 Å². The van der Waals surface area contributed by atoms with Crippen molar-refractivity contribution in [2.24, 2.45) is 0 Å². The number of anilines is 1. The van der Waals surface area contributed by atoms with Crippen LogP contribution in [0.15, 0.2) is 66.0 Å². The molecule has 2 aromatic heterocycles. The normalized spacial score (nSPS) is 14.5. The summed E-state index contributed by atoms with van der Waals surface area (Å²) in [4.78, 5) is 21.3. The Morgan fingerprint density at radius 1 is 1.03 bits per heavy atom. The van der Waals surface area contributed by atoms with E-state index in [1.807, 2.05) is 13.0 Å². The van der Waals surface area contributed by atoms with Crippen LogP contribution in [-0.2, 0) is 10.0 Å². The average Bonchev–Trinajstić information content (AvgIpc) is 3.30. The number of hydrogen-bond donors (Lipinski definition) is 0. The monoisotopic (exact) mass is 440 g/mol. The summed E-state index contributed by atoms with van der Waals surface area (Å²) in [5.41, 5.74) is 1.33. The largest absolute Gasteiger partial charge is 0.497 e. The van der Waals surface area contributed by atoms with Crippen LogP contribution in [0.5, 0.6) is 5.75 Å². The Kier molecular flexibility index (Phi) is 5.69. The van der Waals surface area contributed by atoms with Crippen LogP contribution < -0.4 is 9.64 Å². The van der Waals surface area contributed by atoms with Crippen molar-refractivity contribution in [1.29, 1.82) is 0 Å². The van der Waals surface area contributed by atoms with Crippen LogP contribution >= 0.6 is 0 Å². The summed E-state index contributed by atoms with van der Waals surface area (Å²) in [5.74, 6) is 1.36. The zero-order chi connectivity index (χ0) is 22.0. The summed E-state index contributed by atoms with van der Waals surface area (Å²) in [5, 5.41) is 0. The molecule has 3 aromatic rings. The molecule has 1 amide bonds. The first kappa shape index (κ1) is 20.9. The van der Waals surface area contributed by atoms with Gasteiger partial charge >= 0.3 is 0 Å². The molecule has 0 N–H and O–H groups in total. The van der Waals surface area contributed by atoms with E-state index in [4.69, 9.17) is 4.74 Å².